The van der Waals surface area contributed by atoms with Crippen LogP contribution in [0.1, 0.15) is 104 Å². The number of aromatic nitrogens is 4. The van der Waals surface area contributed by atoms with Gasteiger partial charge in [-0.3, -0.25) is 19.6 Å². The van der Waals surface area contributed by atoms with Crippen molar-refractivity contribution >= 4 is 40.4 Å². The van der Waals surface area contributed by atoms with Crippen molar-refractivity contribution in [2.45, 2.75) is 100 Å². The number of anilines is 2. The van der Waals surface area contributed by atoms with Crippen LogP contribution in [-0.2, 0) is 30.7 Å². The number of imidazole rings is 2. The minimum absolute atomic E-state index is 0.174. The monoisotopic (exact) mass is 785 g/mol. The Hall–Kier alpha value is -6.21. The van der Waals surface area contributed by atoms with E-state index in [0.29, 0.717) is 37.2 Å². The van der Waals surface area contributed by atoms with E-state index in [1.165, 1.54) is 33.4 Å². The molecule has 0 unspecified atom stereocenters. The Morgan fingerprint density at radius 3 is 1.71 bits per heavy atom. The lowest BCUT2D eigenvalue weighted by molar-refractivity contribution is -0.121. The molecule has 1 aliphatic rings. The van der Waals surface area contributed by atoms with E-state index < -0.39 is 17.9 Å². The van der Waals surface area contributed by atoms with Crippen molar-refractivity contribution in [1.82, 2.24) is 29.1 Å². The molecule has 0 aliphatic carbocycles. The summed E-state index contributed by atoms with van der Waals surface area (Å²) in [5.74, 6) is -1.17. The van der Waals surface area contributed by atoms with Crippen LogP contribution in [0.2, 0.25) is 0 Å². The number of carbonyl (C=O) groups excluding carboxylic acids is 3. The summed E-state index contributed by atoms with van der Waals surface area (Å²) in [4.78, 5) is 48.1. The highest BCUT2D eigenvalue weighted by molar-refractivity contribution is 5.99. The first kappa shape index (κ1) is 41.4. The van der Waals surface area contributed by atoms with Crippen LogP contribution < -0.4 is 21.8 Å². The molecule has 3 amide bonds. The van der Waals surface area contributed by atoms with Crippen LogP contribution in [-0.4, -0.2) is 59.2 Å². The van der Waals surface area contributed by atoms with Gasteiger partial charge < -0.3 is 30.1 Å². The predicted molar refractivity (Wildman–Crippen MR) is 228 cm³/mol. The largest absolute Gasteiger partial charge is 0.378 e. The Morgan fingerprint density at radius 2 is 1.24 bits per heavy atom. The Balaban J connectivity index is 0.000000200. The fraction of sp³-hybridized carbons (Fsp3) is 0.356. The fourth-order valence-corrected chi connectivity index (χ4v) is 7.84. The number of likely N-dealkylation sites (tertiary alicyclic amines) is 1. The predicted octanol–water partition coefficient (Wildman–Crippen LogP) is 7.08. The molecular formula is C45H55N9O4. The summed E-state index contributed by atoms with van der Waals surface area (Å²) in [6.45, 7) is 18.2. The lowest BCUT2D eigenvalue weighted by Gasteiger charge is -2.23. The van der Waals surface area contributed by atoms with Gasteiger partial charge in [0.15, 0.2) is 11.3 Å². The molecule has 7 rings (SSSR count). The van der Waals surface area contributed by atoms with Crippen molar-refractivity contribution in [2.75, 3.05) is 17.2 Å². The van der Waals surface area contributed by atoms with Crippen LogP contribution in [0.4, 0.5) is 11.4 Å². The van der Waals surface area contributed by atoms with E-state index in [4.69, 9.17) is 15.9 Å². The Morgan fingerprint density at radius 1 is 0.759 bits per heavy atom. The van der Waals surface area contributed by atoms with Gasteiger partial charge >= 0.3 is 0 Å². The second kappa shape index (κ2) is 17.5. The molecule has 1 saturated heterocycles. The van der Waals surface area contributed by atoms with Crippen molar-refractivity contribution in [3.05, 3.63) is 128 Å². The SMILES string of the molecule is CCc1cccc(C)c1CNc1cc(C(=O)N2CCC[C@H]2C(N)=O)cn2c(C)c(C)nc12.CCc1cccc(C)c1CNc1cc(C(=O)NO)cn2c(C)c(C)nc12. The minimum Gasteiger partial charge on any atom is -0.378 e. The normalized spacial score (nSPS) is 13.7. The van der Waals surface area contributed by atoms with Crippen LogP contribution in [0, 0.1) is 41.5 Å². The Labute approximate surface area is 339 Å². The van der Waals surface area contributed by atoms with Gasteiger partial charge in [0, 0.05) is 43.4 Å². The van der Waals surface area contributed by atoms with Crippen LogP contribution in [0.3, 0.4) is 0 Å². The van der Waals surface area contributed by atoms with E-state index in [1.807, 2.05) is 48.8 Å². The summed E-state index contributed by atoms with van der Waals surface area (Å²) >= 11 is 0. The van der Waals surface area contributed by atoms with Crippen molar-refractivity contribution in [3.63, 3.8) is 0 Å². The lowest BCUT2D eigenvalue weighted by atomic mass is 10.00. The number of hydroxylamine groups is 1. The maximum absolute atomic E-state index is 13.4. The molecule has 1 atom stereocenters. The van der Waals surface area contributed by atoms with Gasteiger partial charge in [-0.15, -0.1) is 0 Å². The summed E-state index contributed by atoms with van der Waals surface area (Å²) in [5, 5.41) is 16.0. The quantitative estimate of drug-likeness (QED) is 0.0686. The number of nitrogens with zero attached hydrogens (tertiary/aromatic N) is 5. The number of carbonyl (C=O) groups is 3. The third-order valence-electron chi connectivity index (χ3n) is 11.5. The summed E-state index contributed by atoms with van der Waals surface area (Å²) in [7, 11) is 0. The standard InChI is InChI=1S/C25H31N5O2.C20H24N4O2/c1-5-18-9-6-8-15(2)20(18)13-27-21-12-19(14-30-17(4)16(3)28-24(21)30)25(32)29-11-7-10-22(29)23(26)31;1-5-15-8-6-7-12(2)17(15)10-21-18-9-16(20(25)23-26)11-24-14(4)13(3)22-19(18)24/h6,8-9,12,14,22,27H,5,7,10-11,13H2,1-4H3,(H2,26,31);6-9,11,21,26H,5,10H2,1-4H3,(H,23,25)/t22-;/m0./s1. The number of amides is 3. The number of primary amides is 1. The summed E-state index contributed by atoms with van der Waals surface area (Å²) < 4.78 is 3.83. The maximum atomic E-state index is 13.4. The molecule has 1 fully saturated rings. The van der Waals surface area contributed by atoms with Crippen LogP contribution in [0.5, 0.6) is 0 Å². The molecule has 0 spiro atoms. The molecule has 0 saturated carbocycles. The first-order valence-electron chi connectivity index (χ1n) is 19.9. The molecule has 6 N–H and O–H groups in total. The molecule has 1 aliphatic heterocycles. The number of nitrogens with two attached hydrogens (primary N) is 1. The van der Waals surface area contributed by atoms with E-state index >= 15 is 0 Å². The van der Waals surface area contributed by atoms with E-state index in [0.717, 1.165) is 64.7 Å². The van der Waals surface area contributed by atoms with E-state index in [9.17, 15) is 14.4 Å². The topological polar surface area (TPSA) is 171 Å². The first-order chi connectivity index (χ1) is 27.8. The summed E-state index contributed by atoms with van der Waals surface area (Å²) in [6, 6.07) is 15.7. The molecular weight excluding hydrogens is 731 g/mol. The van der Waals surface area contributed by atoms with Gasteiger partial charge in [0.2, 0.25) is 5.91 Å². The molecule has 6 aromatic rings. The summed E-state index contributed by atoms with van der Waals surface area (Å²) in [5.41, 5.74) is 22.6. The number of fused-ring (bicyclic) bond motifs is 2. The molecule has 304 valence electrons. The molecule has 2 aromatic carbocycles. The minimum atomic E-state index is -0.550. The van der Waals surface area contributed by atoms with Gasteiger partial charge in [-0.25, -0.2) is 15.4 Å². The van der Waals surface area contributed by atoms with Gasteiger partial charge in [0.1, 0.15) is 6.04 Å². The third kappa shape index (κ3) is 8.26. The average Bonchev–Trinajstić information content (AvgIpc) is 3.91. The van der Waals surface area contributed by atoms with E-state index in [1.54, 1.807) is 22.6 Å². The van der Waals surface area contributed by atoms with Crippen molar-refractivity contribution in [2.24, 2.45) is 5.73 Å². The number of rotatable bonds is 11. The zero-order chi connectivity index (χ0) is 41.8. The first-order valence-corrected chi connectivity index (χ1v) is 19.9. The highest BCUT2D eigenvalue weighted by Gasteiger charge is 2.33. The number of hydrogen-bond acceptors (Lipinski definition) is 8. The van der Waals surface area contributed by atoms with E-state index in [-0.39, 0.29) is 5.91 Å². The molecule has 58 heavy (non-hydrogen) atoms. The van der Waals surface area contributed by atoms with Gasteiger partial charge in [0.05, 0.1) is 33.9 Å². The van der Waals surface area contributed by atoms with Crippen molar-refractivity contribution in [1.29, 1.82) is 0 Å². The third-order valence-corrected chi connectivity index (χ3v) is 11.5. The molecule has 4 aromatic heterocycles. The number of pyridine rings is 2. The highest BCUT2D eigenvalue weighted by atomic mass is 16.5. The number of benzene rings is 2. The fourth-order valence-electron chi connectivity index (χ4n) is 7.84. The molecule has 0 bridgehead atoms. The van der Waals surface area contributed by atoms with Crippen LogP contribution >= 0.6 is 0 Å². The second-order valence-electron chi connectivity index (χ2n) is 15.1. The van der Waals surface area contributed by atoms with E-state index in [2.05, 4.69) is 79.7 Å². The number of aryl methyl sites for hydroxylation is 8. The molecule has 5 heterocycles. The van der Waals surface area contributed by atoms with Gasteiger partial charge in [-0.2, -0.15) is 0 Å². The Kier molecular flexibility index (Phi) is 12.5. The van der Waals surface area contributed by atoms with Gasteiger partial charge in [-0.05, 0) is 113 Å². The lowest BCUT2D eigenvalue weighted by Crippen LogP contribution is -2.43. The van der Waals surface area contributed by atoms with Crippen LogP contribution in [0.15, 0.2) is 60.9 Å². The molecule has 13 nitrogen and oxygen atoms in total. The van der Waals surface area contributed by atoms with Crippen LogP contribution in [0.25, 0.3) is 11.3 Å². The maximum Gasteiger partial charge on any atom is 0.276 e. The van der Waals surface area contributed by atoms with Crippen molar-refractivity contribution < 1.29 is 19.6 Å². The molecule has 13 heteroatoms. The zero-order valence-electron chi connectivity index (χ0n) is 34.8. The zero-order valence-corrected chi connectivity index (χ0v) is 34.8. The summed E-state index contributed by atoms with van der Waals surface area (Å²) in [6.07, 6.45) is 6.82. The molecule has 0 radical (unpaired) electrons. The number of hydrogen-bond donors (Lipinski definition) is 5. The van der Waals surface area contributed by atoms with Gasteiger partial charge in [0.25, 0.3) is 11.8 Å². The second-order valence-corrected chi connectivity index (χ2v) is 15.1. The number of nitrogens with one attached hydrogen (secondary N) is 3. The smallest absolute Gasteiger partial charge is 0.276 e. The van der Waals surface area contributed by atoms with Gasteiger partial charge in [-0.1, -0.05) is 50.2 Å². The highest BCUT2D eigenvalue weighted by Crippen LogP contribution is 2.28. The van der Waals surface area contributed by atoms with Crippen molar-refractivity contribution in [3.8, 4) is 0 Å². The Bertz CT molecular complexity index is 2520. The average molecular weight is 786 g/mol.